The van der Waals surface area contributed by atoms with Gasteiger partial charge >= 0.3 is 0 Å². The minimum absolute atomic E-state index is 0.518. The molecule has 2 rings (SSSR count). The van der Waals surface area contributed by atoms with Gasteiger partial charge in [-0.25, -0.2) is 0 Å². The molecule has 0 aromatic heterocycles. The van der Waals surface area contributed by atoms with Gasteiger partial charge in [0.15, 0.2) is 0 Å². The van der Waals surface area contributed by atoms with Crippen molar-refractivity contribution in [2.45, 2.75) is 38.0 Å². The lowest BCUT2D eigenvalue weighted by Crippen LogP contribution is -2.46. The van der Waals surface area contributed by atoms with Crippen molar-refractivity contribution in [1.82, 2.24) is 19.6 Å². The number of fused-ring (bicyclic) bond motifs is 1. The lowest BCUT2D eigenvalue weighted by atomic mass is 10.3. The highest BCUT2D eigenvalue weighted by molar-refractivity contribution is 7.80. The van der Waals surface area contributed by atoms with E-state index in [4.69, 9.17) is 0 Å². The van der Waals surface area contributed by atoms with Gasteiger partial charge in [-0.2, -0.15) is 50.5 Å². The molecule has 0 atom stereocenters. The van der Waals surface area contributed by atoms with Crippen molar-refractivity contribution in [2.24, 2.45) is 0 Å². The Hall–Kier alpha value is 1.24. The molecular formula is C16H34N4S4. The fourth-order valence-corrected chi connectivity index (χ4v) is 4.49. The van der Waals surface area contributed by atoms with Crippen molar-refractivity contribution in [3.8, 4) is 0 Å². The number of rotatable bonds is 12. The summed E-state index contributed by atoms with van der Waals surface area (Å²) in [5, 5.41) is 0. The second-order valence-corrected chi connectivity index (χ2v) is 8.46. The molecular weight excluding hydrogens is 376 g/mol. The molecule has 2 heterocycles. The van der Waals surface area contributed by atoms with E-state index >= 15 is 0 Å². The Balaban J connectivity index is 2.11. The van der Waals surface area contributed by atoms with Gasteiger partial charge in [-0.15, -0.1) is 0 Å². The number of hydrogen-bond donors (Lipinski definition) is 4. The predicted molar refractivity (Wildman–Crippen MR) is 118 cm³/mol. The molecule has 8 heteroatoms. The zero-order valence-corrected chi connectivity index (χ0v) is 18.2. The molecule has 2 aliphatic heterocycles. The molecule has 0 N–H and O–H groups in total. The summed E-state index contributed by atoms with van der Waals surface area (Å²) < 4.78 is 0. The SMILES string of the molecule is SCCCN1CN(CCCS)C2C1N(CCCS)CN2CCCS. The largest absolute Gasteiger partial charge is 0.272 e. The van der Waals surface area contributed by atoms with Crippen molar-refractivity contribution in [1.29, 1.82) is 0 Å². The minimum atomic E-state index is 0.518. The summed E-state index contributed by atoms with van der Waals surface area (Å²) in [5.41, 5.74) is 0. The Morgan fingerprint density at radius 3 is 0.958 bits per heavy atom. The van der Waals surface area contributed by atoms with Gasteiger partial charge in [0.05, 0.1) is 25.7 Å². The second-order valence-electron chi connectivity index (χ2n) is 6.67. The predicted octanol–water partition coefficient (Wildman–Crippen LogP) is 2.07. The summed E-state index contributed by atoms with van der Waals surface area (Å²) >= 11 is 17.7. The normalized spacial score (nSPS) is 26.5. The first kappa shape index (κ1) is 21.5. The van der Waals surface area contributed by atoms with Gasteiger partial charge in [-0.1, -0.05) is 0 Å². The highest BCUT2D eigenvalue weighted by Crippen LogP contribution is 2.33. The maximum Gasteiger partial charge on any atom is 0.0942 e. The smallest absolute Gasteiger partial charge is 0.0942 e. The topological polar surface area (TPSA) is 13.0 Å². The van der Waals surface area contributed by atoms with E-state index in [-0.39, 0.29) is 0 Å². The molecule has 0 saturated carbocycles. The summed E-state index contributed by atoms with van der Waals surface area (Å²) in [6, 6.07) is 0. The summed E-state index contributed by atoms with van der Waals surface area (Å²) in [6.07, 6.45) is 5.66. The van der Waals surface area contributed by atoms with Gasteiger partial charge in [0, 0.05) is 26.2 Å². The quantitative estimate of drug-likeness (QED) is 0.368. The Kier molecular flexibility index (Phi) is 10.6. The summed E-state index contributed by atoms with van der Waals surface area (Å²) in [5.74, 6) is 3.85. The molecule has 2 saturated heterocycles. The van der Waals surface area contributed by atoms with Crippen LogP contribution in [0.3, 0.4) is 0 Å². The van der Waals surface area contributed by atoms with Crippen LogP contribution in [-0.4, -0.2) is 94.5 Å². The Labute approximate surface area is 170 Å². The molecule has 2 aliphatic rings. The van der Waals surface area contributed by atoms with Gasteiger partial charge < -0.3 is 0 Å². The van der Waals surface area contributed by atoms with Crippen LogP contribution in [0.2, 0.25) is 0 Å². The van der Waals surface area contributed by atoms with Crippen LogP contribution in [0.25, 0.3) is 0 Å². The third kappa shape index (κ3) is 5.62. The molecule has 0 unspecified atom stereocenters. The van der Waals surface area contributed by atoms with Crippen LogP contribution in [0.5, 0.6) is 0 Å². The average molecular weight is 411 g/mol. The lowest BCUT2D eigenvalue weighted by molar-refractivity contribution is 0.0837. The van der Waals surface area contributed by atoms with Crippen LogP contribution in [0.15, 0.2) is 0 Å². The molecule has 2 fully saturated rings. The standard InChI is InChI=1S/C16H34N4S4/c21-9-1-5-17-13-18(6-2-10-22)16-15(17)19(7-3-11-23)14-20(16)8-4-12-24/h15-16,21-24H,1-14H2. The molecule has 142 valence electrons. The molecule has 0 amide bonds. The first-order chi connectivity index (χ1) is 11.8. The number of nitrogens with zero attached hydrogens (tertiary/aromatic N) is 4. The molecule has 0 aromatic rings. The monoisotopic (exact) mass is 410 g/mol. The maximum absolute atomic E-state index is 4.42. The molecule has 0 spiro atoms. The van der Waals surface area contributed by atoms with Crippen LogP contribution in [0, 0.1) is 0 Å². The molecule has 0 aliphatic carbocycles. The summed E-state index contributed by atoms with van der Waals surface area (Å²) in [6.45, 7) is 6.70. The van der Waals surface area contributed by atoms with E-state index in [1.54, 1.807) is 0 Å². The third-order valence-corrected chi connectivity index (χ3v) is 6.17. The van der Waals surface area contributed by atoms with E-state index in [1.807, 2.05) is 0 Å². The van der Waals surface area contributed by atoms with E-state index in [2.05, 4.69) is 70.1 Å². The maximum atomic E-state index is 4.42. The van der Waals surface area contributed by atoms with Crippen LogP contribution >= 0.6 is 50.5 Å². The van der Waals surface area contributed by atoms with Crippen molar-refractivity contribution in [3.63, 3.8) is 0 Å². The van der Waals surface area contributed by atoms with Crippen molar-refractivity contribution >= 4 is 50.5 Å². The van der Waals surface area contributed by atoms with Gasteiger partial charge in [0.1, 0.15) is 0 Å². The van der Waals surface area contributed by atoms with Crippen molar-refractivity contribution in [3.05, 3.63) is 0 Å². The number of thiol groups is 4. The first-order valence-corrected chi connectivity index (χ1v) is 11.7. The summed E-state index contributed by atoms with van der Waals surface area (Å²) in [4.78, 5) is 10.7. The average Bonchev–Trinajstić information content (AvgIpc) is 3.13. The van der Waals surface area contributed by atoms with E-state index in [0.717, 1.165) is 88.2 Å². The Bertz CT molecular complexity index is 290. The van der Waals surface area contributed by atoms with Crippen LogP contribution in [-0.2, 0) is 0 Å². The highest BCUT2D eigenvalue weighted by atomic mass is 32.1. The Morgan fingerprint density at radius 1 is 0.500 bits per heavy atom. The van der Waals surface area contributed by atoms with Crippen LogP contribution in [0.4, 0.5) is 0 Å². The molecule has 0 radical (unpaired) electrons. The lowest BCUT2D eigenvalue weighted by Gasteiger charge is -2.30. The van der Waals surface area contributed by atoms with E-state index in [9.17, 15) is 0 Å². The number of hydrogen-bond acceptors (Lipinski definition) is 8. The fraction of sp³-hybridized carbons (Fsp3) is 1.00. The van der Waals surface area contributed by atoms with Crippen LogP contribution in [0.1, 0.15) is 25.7 Å². The van der Waals surface area contributed by atoms with E-state index < -0.39 is 0 Å². The van der Waals surface area contributed by atoms with Gasteiger partial charge in [0.2, 0.25) is 0 Å². The fourth-order valence-electron chi connectivity index (χ4n) is 3.92. The zero-order valence-electron chi connectivity index (χ0n) is 14.6. The van der Waals surface area contributed by atoms with Gasteiger partial charge in [0.25, 0.3) is 0 Å². The third-order valence-electron chi connectivity index (χ3n) is 4.90. The van der Waals surface area contributed by atoms with Crippen molar-refractivity contribution in [2.75, 3.05) is 62.5 Å². The Morgan fingerprint density at radius 2 is 0.750 bits per heavy atom. The molecule has 0 bridgehead atoms. The van der Waals surface area contributed by atoms with Crippen LogP contribution < -0.4 is 0 Å². The van der Waals surface area contributed by atoms with Crippen molar-refractivity contribution < 1.29 is 0 Å². The van der Waals surface area contributed by atoms with Gasteiger partial charge in [-0.05, 0) is 48.7 Å². The van der Waals surface area contributed by atoms with Gasteiger partial charge in [-0.3, -0.25) is 19.6 Å². The molecule has 24 heavy (non-hydrogen) atoms. The zero-order chi connectivity index (χ0) is 17.4. The molecule has 0 aromatic carbocycles. The van der Waals surface area contributed by atoms with E-state index in [1.165, 1.54) is 0 Å². The second kappa shape index (κ2) is 11.8. The summed E-state index contributed by atoms with van der Waals surface area (Å²) in [7, 11) is 0. The van der Waals surface area contributed by atoms with E-state index in [0.29, 0.717) is 12.3 Å². The minimum Gasteiger partial charge on any atom is -0.272 e. The molecule has 4 nitrogen and oxygen atoms in total. The first-order valence-electron chi connectivity index (χ1n) is 9.16. The highest BCUT2D eigenvalue weighted by Gasteiger charge is 2.50.